The molecule has 3 N–H and O–H groups in total. The molecule has 98 valence electrons. The fourth-order valence-electron chi connectivity index (χ4n) is 1.75. The van der Waals surface area contributed by atoms with Crippen molar-refractivity contribution in [3.63, 3.8) is 0 Å². The largest absolute Gasteiger partial charge is 0.399 e. The minimum Gasteiger partial charge on any atom is -0.399 e. The van der Waals surface area contributed by atoms with Gasteiger partial charge in [0.25, 0.3) is 5.91 Å². The minimum absolute atomic E-state index is 0.0768. The molecule has 19 heavy (non-hydrogen) atoms. The summed E-state index contributed by atoms with van der Waals surface area (Å²) in [5.74, 6) is -0.0768. The zero-order chi connectivity index (χ0) is 13.7. The van der Waals surface area contributed by atoms with Crippen molar-refractivity contribution in [2.75, 3.05) is 12.3 Å². The van der Waals surface area contributed by atoms with Crippen molar-refractivity contribution in [3.8, 4) is 0 Å². The molecule has 0 spiro atoms. The van der Waals surface area contributed by atoms with E-state index in [9.17, 15) is 4.79 Å². The first-order chi connectivity index (χ1) is 9.16. The summed E-state index contributed by atoms with van der Waals surface area (Å²) in [6.07, 6.45) is 0.794. The molecule has 0 unspecified atom stereocenters. The van der Waals surface area contributed by atoms with Crippen LogP contribution >= 0.6 is 15.9 Å². The Balaban J connectivity index is 1.88. The van der Waals surface area contributed by atoms with Crippen LogP contribution in [-0.2, 0) is 6.42 Å². The third-order valence-corrected chi connectivity index (χ3v) is 3.58. The number of carbonyl (C=O) groups is 1. The summed E-state index contributed by atoms with van der Waals surface area (Å²) in [6.45, 7) is 0.603. The van der Waals surface area contributed by atoms with Crippen LogP contribution in [0.15, 0.2) is 53.0 Å². The first-order valence-electron chi connectivity index (χ1n) is 6.04. The Bertz CT molecular complexity index is 567. The van der Waals surface area contributed by atoms with Crippen molar-refractivity contribution in [3.05, 3.63) is 64.1 Å². The van der Waals surface area contributed by atoms with Gasteiger partial charge in [0.05, 0.1) is 0 Å². The van der Waals surface area contributed by atoms with Crippen molar-refractivity contribution in [1.82, 2.24) is 5.32 Å². The van der Waals surface area contributed by atoms with Gasteiger partial charge in [0.2, 0.25) is 0 Å². The molecule has 4 heteroatoms. The van der Waals surface area contributed by atoms with E-state index in [2.05, 4.69) is 21.2 Å². The van der Waals surface area contributed by atoms with Gasteiger partial charge in [-0.2, -0.15) is 0 Å². The summed E-state index contributed by atoms with van der Waals surface area (Å²) in [7, 11) is 0. The first-order valence-corrected chi connectivity index (χ1v) is 6.83. The van der Waals surface area contributed by atoms with Crippen LogP contribution in [0.5, 0.6) is 0 Å². The quantitative estimate of drug-likeness (QED) is 0.851. The number of rotatable bonds is 4. The average molecular weight is 319 g/mol. The smallest absolute Gasteiger partial charge is 0.251 e. The van der Waals surface area contributed by atoms with Crippen LogP contribution in [0.4, 0.5) is 5.69 Å². The molecule has 3 nitrogen and oxygen atoms in total. The molecule has 0 aromatic heterocycles. The second kappa shape index (κ2) is 6.38. The number of amides is 1. The Morgan fingerprint density at radius 1 is 1.11 bits per heavy atom. The van der Waals surface area contributed by atoms with Crippen LogP contribution in [0.25, 0.3) is 0 Å². The predicted octanol–water partition coefficient (Wildman–Crippen LogP) is 3.00. The van der Waals surface area contributed by atoms with E-state index in [0.29, 0.717) is 17.8 Å². The van der Waals surface area contributed by atoms with Crippen molar-refractivity contribution in [2.45, 2.75) is 6.42 Å². The number of anilines is 1. The number of carbonyl (C=O) groups excluding carboxylic acids is 1. The van der Waals surface area contributed by atoms with Gasteiger partial charge in [-0.3, -0.25) is 4.79 Å². The fraction of sp³-hybridized carbons (Fsp3) is 0.133. The van der Waals surface area contributed by atoms with E-state index < -0.39 is 0 Å². The number of benzene rings is 2. The highest BCUT2D eigenvalue weighted by Gasteiger charge is 2.05. The highest BCUT2D eigenvalue weighted by molar-refractivity contribution is 9.10. The number of hydrogen-bond donors (Lipinski definition) is 2. The lowest BCUT2D eigenvalue weighted by Crippen LogP contribution is -2.25. The van der Waals surface area contributed by atoms with Crippen molar-refractivity contribution in [1.29, 1.82) is 0 Å². The molecule has 0 aliphatic heterocycles. The molecule has 0 atom stereocenters. The van der Waals surface area contributed by atoms with Crippen LogP contribution in [0.3, 0.4) is 0 Å². The maximum Gasteiger partial charge on any atom is 0.251 e. The molecular formula is C15H15BrN2O. The zero-order valence-electron chi connectivity index (χ0n) is 10.4. The van der Waals surface area contributed by atoms with E-state index >= 15 is 0 Å². The third kappa shape index (κ3) is 3.83. The Morgan fingerprint density at radius 3 is 2.47 bits per heavy atom. The van der Waals surface area contributed by atoms with Crippen LogP contribution in [0.2, 0.25) is 0 Å². The van der Waals surface area contributed by atoms with Crippen molar-refractivity contribution in [2.24, 2.45) is 0 Å². The van der Waals surface area contributed by atoms with E-state index in [1.54, 1.807) is 24.3 Å². The van der Waals surface area contributed by atoms with Crippen molar-refractivity contribution >= 4 is 27.5 Å². The standard InChI is InChI=1S/C15H15BrN2O/c16-14-4-2-1-3-11(14)9-10-18-15(19)12-5-7-13(17)8-6-12/h1-8H,9-10,17H2,(H,18,19). The normalized spacial score (nSPS) is 10.2. The molecule has 0 saturated carbocycles. The van der Waals surface area contributed by atoms with Gasteiger partial charge in [-0.25, -0.2) is 0 Å². The Hall–Kier alpha value is -1.81. The van der Waals surface area contributed by atoms with E-state index in [1.165, 1.54) is 5.56 Å². The first kappa shape index (κ1) is 13.6. The van der Waals surface area contributed by atoms with Crippen LogP contribution < -0.4 is 11.1 Å². The van der Waals surface area contributed by atoms with E-state index in [1.807, 2.05) is 24.3 Å². The minimum atomic E-state index is -0.0768. The number of nitrogens with two attached hydrogens (primary N) is 1. The second-order valence-corrected chi connectivity index (χ2v) is 5.07. The van der Waals surface area contributed by atoms with Crippen molar-refractivity contribution < 1.29 is 4.79 Å². The van der Waals surface area contributed by atoms with Gasteiger partial charge in [0, 0.05) is 22.3 Å². The van der Waals surface area contributed by atoms with Crippen LogP contribution in [0, 0.1) is 0 Å². The molecule has 1 amide bonds. The lowest BCUT2D eigenvalue weighted by molar-refractivity contribution is 0.0954. The maximum absolute atomic E-state index is 11.9. The van der Waals surface area contributed by atoms with Gasteiger partial charge >= 0.3 is 0 Å². The highest BCUT2D eigenvalue weighted by atomic mass is 79.9. The summed E-state index contributed by atoms with van der Waals surface area (Å²) in [5, 5.41) is 2.89. The van der Waals surface area contributed by atoms with Gasteiger partial charge in [-0.15, -0.1) is 0 Å². The van der Waals surface area contributed by atoms with Crippen LogP contribution in [-0.4, -0.2) is 12.5 Å². The molecule has 2 aromatic rings. The summed E-state index contributed by atoms with van der Waals surface area (Å²) < 4.78 is 1.07. The van der Waals surface area contributed by atoms with Gasteiger partial charge in [0.15, 0.2) is 0 Å². The number of hydrogen-bond acceptors (Lipinski definition) is 2. The molecule has 0 heterocycles. The van der Waals surface area contributed by atoms with Crippen LogP contribution in [0.1, 0.15) is 15.9 Å². The topological polar surface area (TPSA) is 55.1 Å². The number of halogens is 1. The van der Waals surface area contributed by atoms with Gasteiger partial charge in [0.1, 0.15) is 0 Å². The lowest BCUT2D eigenvalue weighted by atomic mass is 10.1. The molecule has 0 aliphatic rings. The van der Waals surface area contributed by atoms with Gasteiger partial charge in [-0.1, -0.05) is 34.1 Å². The molecule has 0 fully saturated rings. The predicted molar refractivity (Wildman–Crippen MR) is 81.0 cm³/mol. The molecule has 0 bridgehead atoms. The molecule has 0 radical (unpaired) electrons. The monoisotopic (exact) mass is 318 g/mol. The fourth-order valence-corrected chi connectivity index (χ4v) is 2.23. The van der Waals surface area contributed by atoms with E-state index in [-0.39, 0.29) is 5.91 Å². The Morgan fingerprint density at radius 2 is 1.79 bits per heavy atom. The summed E-state index contributed by atoms with van der Waals surface area (Å²) in [5.41, 5.74) is 8.05. The highest BCUT2D eigenvalue weighted by Crippen LogP contribution is 2.15. The average Bonchev–Trinajstić information content (AvgIpc) is 2.41. The zero-order valence-corrected chi connectivity index (χ0v) is 12.0. The lowest BCUT2D eigenvalue weighted by Gasteiger charge is -2.07. The molecular weight excluding hydrogens is 304 g/mol. The number of nitrogens with one attached hydrogen (secondary N) is 1. The maximum atomic E-state index is 11.9. The van der Waals surface area contributed by atoms with E-state index in [0.717, 1.165) is 10.9 Å². The number of nitrogen functional groups attached to an aromatic ring is 1. The summed E-state index contributed by atoms with van der Waals surface area (Å²) in [4.78, 5) is 11.9. The molecule has 0 saturated heterocycles. The second-order valence-electron chi connectivity index (χ2n) is 4.22. The summed E-state index contributed by atoms with van der Waals surface area (Å²) in [6, 6.07) is 14.9. The van der Waals surface area contributed by atoms with Gasteiger partial charge < -0.3 is 11.1 Å². The summed E-state index contributed by atoms with van der Waals surface area (Å²) >= 11 is 3.49. The third-order valence-electron chi connectivity index (χ3n) is 2.81. The van der Waals surface area contributed by atoms with Gasteiger partial charge in [-0.05, 0) is 42.3 Å². The SMILES string of the molecule is Nc1ccc(C(=O)NCCc2ccccc2Br)cc1. The molecule has 2 aromatic carbocycles. The Kier molecular flexibility index (Phi) is 4.58. The van der Waals surface area contributed by atoms with E-state index in [4.69, 9.17) is 5.73 Å². The Labute approximate surface area is 121 Å². The molecule has 2 rings (SSSR count). The molecule has 0 aliphatic carbocycles.